The van der Waals surface area contributed by atoms with Gasteiger partial charge in [0, 0.05) is 16.7 Å². The number of hydrogen-bond acceptors (Lipinski definition) is 0. The molecule has 0 radical (unpaired) electrons. The minimum atomic E-state index is -1.16. The Balaban J connectivity index is 1.16. The van der Waals surface area contributed by atoms with Crippen LogP contribution in [0, 0.1) is 46.7 Å². The second kappa shape index (κ2) is 12.2. The fraction of sp³-hybridized carbons (Fsp3) is 0.412. The maximum absolute atomic E-state index is 15.2. The lowest BCUT2D eigenvalue weighted by molar-refractivity contribution is 0.278. The van der Waals surface area contributed by atoms with Crippen molar-refractivity contribution < 1.29 is 26.3 Å². The highest BCUT2D eigenvalue weighted by atomic mass is 19.2. The van der Waals surface area contributed by atoms with E-state index in [4.69, 9.17) is 0 Å². The first kappa shape index (κ1) is 28.5. The molecule has 0 nitrogen and oxygen atoms in total. The van der Waals surface area contributed by atoms with E-state index < -0.39 is 34.9 Å². The molecule has 0 spiro atoms. The molecule has 2 aliphatic carbocycles. The normalized spacial score (nSPS) is 21.4. The molecule has 0 amide bonds. The first-order chi connectivity index (χ1) is 19.3. The number of halogens is 6. The third kappa shape index (κ3) is 5.73. The van der Waals surface area contributed by atoms with Crippen LogP contribution in [0.5, 0.6) is 0 Å². The van der Waals surface area contributed by atoms with Crippen LogP contribution >= 0.6 is 0 Å². The number of benzene rings is 3. The van der Waals surface area contributed by atoms with Crippen LogP contribution < -0.4 is 0 Å². The van der Waals surface area contributed by atoms with Gasteiger partial charge in [-0.05, 0) is 98.3 Å². The molecule has 0 heterocycles. The van der Waals surface area contributed by atoms with Gasteiger partial charge in [0.05, 0.1) is 0 Å². The largest absolute Gasteiger partial charge is 0.204 e. The fourth-order valence-corrected chi connectivity index (χ4v) is 6.54. The molecule has 40 heavy (non-hydrogen) atoms. The summed E-state index contributed by atoms with van der Waals surface area (Å²) in [4.78, 5) is 0. The van der Waals surface area contributed by atoms with E-state index in [9.17, 15) is 17.6 Å². The molecule has 1 fully saturated rings. The van der Waals surface area contributed by atoms with E-state index in [1.165, 1.54) is 30.3 Å². The summed E-state index contributed by atoms with van der Waals surface area (Å²) < 4.78 is 86.8. The van der Waals surface area contributed by atoms with Gasteiger partial charge < -0.3 is 0 Å². The van der Waals surface area contributed by atoms with Crippen molar-refractivity contribution in [3.63, 3.8) is 0 Å². The Kier molecular flexibility index (Phi) is 8.72. The summed E-state index contributed by atoms with van der Waals surface area (Å²) >= 11 is 0. The predicted octanol–water partition coefficient (Wildman–Crippen LogP) is 10.7. The summed E-state index contributed by atoms with van der Waals surface area (Å²) in [6.07, 6.45) is 10.3. The van der Waals surface area contributed by atoms with E-state index >= 15 is 8.78 Å². The lowest BCUT2D eigenvalue weighted by Crippen LogP contribution is -2.16. The SMILES string of the molecule is CCc1ccc(-c2ccc(C3CCC(CCC4CC=C(c5cccc(F)c5F)CC4)CC3)c(F)c2F)c(F)c1F. The Morgan fingerprint density at radius 2 is 1.30 bits per heavy atom. The molecule has 3 aromatic carbocycles. The Labute approximate surface area is 232 Å². The van der Waals surface area contributed by atoms with Gasteiger partial charge in [0.25, 0.3) is 0 Å². The molecular formula is C34H34F6. The second-order valence-corrected chi connectivity index (χ2v) is 11.4. The molecule has 3 aromatic rings. The molecule has 0 bridgehead atoms. The molecular weight excluding hydrogens is 522 g/mol. The van der Waals surface area contributed by atoms with Gasteiger partial charge in [0.2, 0.25) is 0 Å². The lowest BCUT2D eigenvalue weighted by Gasteiger charge is -2.31. The molecule has 0 N–H and O–H groups in total. The predicted molar refractivity (Wildman–Crippen MR) is 147 cm³/mol. The van der Waals surface area contributed by atoms with Gasteiger partial charge in [-0.3, -0.25) is 0 Å². The zero-order valence-electron chi connectivity index (χ0n) is 22.7. The fourth-order valence-electron chi connectivity index (χ4n) is 6.54. The summed E-state index contributed by atoms with van der Waals surface area (Å²) in [7, 11) is 0. The number of allylic oxidation sites excluding steroid dienone is 2. The third-order valence-electron chi connectivity index (χ3n) is 9.03. The number of hydrogen-bond donors (Lipinski definition) is 0. The lowest BCUT2D eigenvalue weighted by atomic mass is 9.75. The van der Waals surface area contributed by atoms with Gasteiger partial charge >= 0.3 is 0 Å². The van der Waals surface area contributed by atoms with Crippen LogP contribution in [0.1, 0.15) is 87.3 Å². The van der Waals surface area contributed by atoms with Crippen LogP contribution in [0.4, 0.5) is 26.3 Å². The van der Waals surface area contributed by atoms with Crippen LogP contribution in [-0.2, 0) is 6.42 Å². The topological polar surface area (TPSA) is 0 Å². The minimum absolute atomic E-state index is 0.106. The maximum Gasteiger partial charge on any atom is 0.167 e. The molecule has 0 aliphatic heterocycles. The van der Waals surface area contributed by atoms with Gasteiger partial charge in [0.15, 0.2) is 34.9 Å². The summed E-state index contributed by atoms with van der Waals surface area (Å²) in [6.45, 7) is 1.70. The first-order valence-electron chi connectivity index (χ1n) is 14.4. The van der Waals surface area contributed by atoms with E-state index in [0.717, 1.165) is 69.4 Å². The average Bonchev–Trinajstić information content (AvgIpc) is 2.97. The Bertz CT molecular complexity index is 1400. The highest BCUT2D eigenvalue weighted by molar-refractivity contribution is 5.67. The smallest absolute Gasteiger partial charge is 0.167 e. The van der Waals surface area contributed by atoms with Crippen LogP contribution in [0.25, 0.3) is 16.7 Å². The third-order valence-corrected chi connectivity index (χ3v) is 9.03. The number of rotatable bonds is 7. The second-order valence-electron chi connectivity index (χ2n) is 11.4. The summed E-state index contributed by atoms with van der Waals surface area (Å²) in [6, 6.07) is 9.91. The van der Waals surface area contributed by atoms with Crippen molar-refractivity contribution >= 4 is 5.57 Å². The zero-order chi connectivity index (χ0) is 28.4. The van der Waals surface area contributed by atoms with Crippen LogP contribution in [0.3, 0.4) is 0 Å². The summed E-state index contributed by atoms with van der Waals surface area (Å²) in [5.41, 5.74) is 1.20. The van der Waals surface area contributed by atoms with Crippen molar-refractivity contribution in [2.45, 2.75) is 77.0 Å². The molecule has 6 heteroatoms. The van der Waals surface area contributed by atoms with Crippen molar-refractivity contribution in [1.29, 1.82) is 0 Å². The van der Waals surface area contributed by atoms with Crippen molar-refractivity contribution in [3.05, 3.63) is 100 Å². The van der Waals surface area contributed by atoms with Gasteiger partial charge in [-0.25, -0.2) is 26.3 Å². The Morgan fingerprint density at radius 3 is 1.98 bits per heavy atom. The van der Waals surface area contributed by atoms with Gasteiger partial charge in [0.1, 0.15) is 0 Å². The van der Waals surface area contributed by atoms with E-state index in [1.54, 1.807) is 13.0 Å². The van der Waals surface area contributed by atoms with Gasteiger partial charge in [-0.1, -0.05) is 55.8 Å². The Morgan fingerprint density at radius 1 is 0.625 bits per heavy atom. The van der Waals surface area contributed by atoms with E-state index in [-0.39, 0.29) is 22.6 Å². The first-order valence-corrected chi connectivity index (χ1v) is 14.4. The van der Waals surface area contributed by atoms with Gasteiger partial charge in [-0.2, -0.15) is 0 Å². The molecule has 5 rings (SSSR count). The van der Waals surface area contributed by atoms with E-state index in [0.29, 0.717) is 29.4 Å². The van der Waals surface area contributed by atoms with Gasteiger partial charge in [-0.15, -0.1) is 0 Å². The standard InChI is InChI=1S/C34H34F6/c1-2-22-16-17-27(33(39)30(22)36)28-19-18-26(32(38)34(28)40)24-14-10-21(11-15-24)7-6-20-8-12-23(13-9-20)25-4-3-5-29(35)31(25)37/h3-5,12,16-21,24H,2,6-11,13-15H2,1H3. The Hall–Kier alpha value is -3.02. The number of aryl methyl sites for hydroxylation is 1. The van der Waals surface area contributed by atoms with Crippen molar-refractivity contribution in [2.24, 2.45) is 11.8 Å². The highest BCUT2D eigenvalue weighted by Gasteiger charge is 2.28. The molecule has 1 unspecified atom stereocenters. The summed E-state index contributed by atoms with van der Waals surface area (Å²) in [5.74, 6) is -4.96. The van der Waals surface area contributed by atoms with E-state index in [2.05, 4.69) is 0 Å². The monoisotopic (exact) mass is 556 g/mol. The van der Waals surface area contributed by atoms with Crippen LogP contribution in [0.2, 0.25) is 0 Å². The van der Waals surface area contributed by atoms with Crippen molar-refractivity contribution in [2.75, 3.05) is 0 Å². The van der Waals surface area contributed by atoms with Crippen molar-refractivity contribution in [3.8, 4) is 11.1 Å². The molecule has 1 saturated carbocycles. The molecule has 1 atom stereocenters. The van der Waals surface area contributed by atoms with Crippen LogP contribution in [0.15, 0.2) is 48.5 Å². The highest BCUT2D eigenvalue weighted by Crippen LogP contribution is 2.42. The molecule has 2 aliphatic rings. The summed E-state index contributed by atoms with van der Waals surface area (Å²) in [5, 5.41) is 0. The average molecular weight is 557 g/mol. The molecule has 0 saturated heterocycles. The quantitative estimate of drug-likeness (QED) is 0.254. The van der Waals surface area contributed by atoms with Crippen LogP contribution in [-0.4, -0.2) is 0 Å². The minimum Gasteiger partial charge on any atom is -0.204 e. The van der Waals surface area contributed by atoms with E-state index in [1.807, 2.05) is 6.08 Å². The van der Waals surface area contributed by atoms with Crippen molar-refractivity contribution in [1.82, 2.24) is 0 Å². The maximum atomic E-state index is 15.2. The zero-order valence-corrected chi connectivity index (χ0v) is 22.7. The molecule has 0 aromatic heterocycles. The molecule has 212 valence electrons.